The first kappa shape index (κ1) is 16.8. The van der Waals surface area contributed by atoms with Crippen LogP contribution in [0.4, 0.5) is 0 Å². The largest absolute Gasteiger partial charge is 0.291 e. The summed E-state index contributed by atoms with van der Waals surface area (Å²) in [5.74, 6) is -0.182. The first-order chi connectivity index (χ1) is 13.2. The minimum Gasteiger partial charge on any atom is -0.291 e. The summed E-state index contributed by atoms with van der Waals surface area (Å²) in [4.78, 5) is 14.9. The molecule has 1 heterocycles. The molecule has 0 bridgehead atoms. The molecule has 4 rings (SSSR count). The van der Waals surface area contributed by atoms with Gasteiger partial charge in [0.15, 0.2) is 5.54 Å². The summed E-state index contributed by atoms with van der Waals surface area (Å²) >= 11 is 0. The fourth-order valence-corrected chi connectivity index (χ4v) is 3.62. The number of fused-ring (bicyclic) bond motifs is 1. The van der Waals surface area contributed by atoms with Gasteiger partial charge < -0.3 is 0 Å². The highest BCUT2D eigenvalue weighted by molar-refractivity contribution is 5.96. The van der Waals surface area contributed by atoms with Gasteiger partial charge in [0.2, 0.25) is 0 Å². The lowest BCUT2D eigenvalue weighted by atomic mass is 9.79. The van der Waals surface area contributed by atoms with Gasteiger partial charge in [-0.05, 0) is 34.9 Å². The Bertz CT molecular complexity index is 1030. The molecule has 1 amide bonds. The molecule has 0 unspecified atom stereocenters. The highest BCUT2D eigenvalue weighted by Crippen LogP contribution is 2.39. The standard InChI is InChI=1S/C24H18N2O/c25-18-24(17-19-9-3-1-4-10-19)22-14-8-7-11-20(22)15-16-26(24)23(27)21-12-5-2-6-13-21/h1-16H,17H2/t24-/m1/s1. The summed E-state index contributed by atoms with van der Waals surface area (Å²) in [6.07, 6.45) is 4.06. The minimum atomic E-state index is -1.10. The Balaban J connectivity index is 1.87. The van der Waals surface area contributed by atoms with E-state index in [0.29, 0.717) is 12.0 Å². The molecule has 1 aliphatic rings. The molecule has 0 radical (unpaired) electrons. The Morgan fingerprint density at radius 2 is 1.52 bits per heavy atom. The summed E-state index contributed by atoms with van der Waals surface area (Å²) in [5.41, 5.74) is 2.29. The average molecular weight is 350 g/mol. The summed E-state index contributed by atoms with van der Waals surface area (Å²) in [5, 5.41) is 10.3. The van der Waals surface area contributed by atoms with Gasteiger partial charge in [0.05, 0.1) is 6.07 Å². The Morgan fingerprint density at radius 1 is 0.889 bits per heavy atom. The van der Waals surface area contributed by atoms with E-state index < -0.39 is 5.54 Å². The van der Waals surface area contributed by atoms with Crippen molar-refractivity contribution in [1.29, 1.82) is 5.26 Å². The van der Waals surface area contributed by atoms with E-state index in [1.54, 1.807) is 23.2 Å². The monoisotopic (exact) mass is 350 g/mol. The number of benzene rings is 3. The van der Waals surface area contributed by atoms with Crippen LogP contribution >= 0.6 is 0 Å². The molecule has 0 N–H and O–H groups in total. The molecule has 3 heteroatoms. The summed E-state index contributed by atoms with van der Waals surface area (Å²) < 4.78 is 0. The lowest BCUT2D eigenvalue weighted by Gasteiger charge is -2.40. The van der Waals surface area contributed by atoms with Crippen LogP contribution in [0.2, 0.25) is 0 Å². The zero-order chi connectivity index (χ0) is 18.7. The number of carbonyl (C=O) groups excluding carboxylic acids is 1. The van der Waals surface area contributed by atoms with E-state index in [1.165, 1.54) is 0 Å². The lowest BCUT2D eigenvalue weighted by Crippen LogP contribution is -2.49. The molecule has 27 heavy (non-hydrogen) atoms. The highest BCUT2D eigenvalue weighted by Gasteiger charge is 2.44. The molecule has 0 saturated heterocycles. The van der Waals surface area contributed by atoms with E-state index in [1.807, 2.05) is 78.9 Å². The molecule has 3 nitrogen and oxygen atoms in total. The van der Waals surface area contributed by atoms with Crippen molar-refractivity contribution in [1.82, 2.24) is 4.90 Å². The number of nitrogens with zero attached hydrogens (tertiary/aromatic N) is 2. The topological polar surface area (TPSA) is 44.1 Å². The second kappa shape index (κ2) is 6.93. The van der Waals surface area contributed by atoms with Gasteiger partial charge in [0, 0.05) is 18.2 Å². The first-order valence-corrected chi connectivity index (χ1v) is 8.86. The van der Waals surface area contributed by atoms with Crippen LogP contribution in [0.15, 0.2) is 91.1 Å². The molecule has 0 fully saturated rings. The molecule has 0 aliphatic carbocycles. The Labute approximate surface area is 158 Å². The van der Waals surface area contributed by atoms with Gasteiger partial charge in [0.1, 0.15) is 0 Å². The Morgan fingerprint density at radius 3 is 2.22 bits per heavy atom. The van der Waals surface area contributed by atoms with Crippen molar-refractivity contribution in [3.05, 3.63) is 113 Å². The third-order valence-corrected chi connectivity index (χ3v) is 4.95. The maximum atomic E-state index is 13.3. The molecule has 3 aromatic carbocycles. The maximum Gasteiger partial charge on any atom is 0.259 e. The second-order valence-electron chi connectivity index (χ2n) is 6.58. The van der Waals surface area contributed by atoms with Crippen molar-refractivity contribution in [3.63, 3.8) is 0 Å². The van der Waals surface area contributed by atoms with Crippen LogP contribution in [-0.2, 0) is 12.0 Å². The van der Waals surface area contributed by atoms with Gasteiger partial charge >= 0.3 is 0 Å². The molecular formula is C24H18N2O. The lowest BCUT2D eigenvalue weighted by molar-refractivity contribution is 0.0697. The first-order valence-electron chi connectivity index (χ1n) is 8.86. The van der Waals surface area contributed by atoms with Crippen molar-refractivity contribution in [2.75, 3.05) is 0 Å². The number of hydrogen-bond acceptors (Lipinski definition) is 2. The molecule has 0 aromatic heterocycles. The zero-order valence-electron chi connectivity index (χ0n) is 14.7. The van der Waals surface area contributed by atoms with E-state index in [2.05, 4.69) is 6.07 Å². The fourth-order valence-electron chi connectivity index (χ4n) is 3.62. The number of amides is 1. The average Bonchev–Trinajstić information content (AvgIpc) is 2.75. The van der Waals surface area contributed by atoms with Crippen LogP contribution in [0.5, 0.6) is 0 Å². The number of hydrogen-bond donors (Lipinski definition) is 0. The van der Waals surface area contributed by atoms with Gasteiger partial charge in [-0.1, -0.05) is 72.8 Å². The number of rotatable bonds is 3. The van der Waals surface area contributed by atoms with Crippen LogP contribution in [-0.4, -0.2) is 10.8 Å². The third kappa shape index (κ3) is 2.92. The molecule has 1 aliphatic heterocycles. The van der Waals surface area contributed by atoms with E-state index in [9.17, 15) is 10.1 Å². The number of nitriles is 1. The van der Waals surface area contributed by atoms with Crippen molar-refractivity contribution >= 4 is 12.0 Å². The third-order valence-electron chi connectivity index (χ3n) is 4.95. The molecule has 0 spiro atoms. The highest BCUT2D eigenvalue weighted by atomic mass is 16.2. The summed E-state index contributed by atoms with van der Waals surface area (Å²) in [7, 11) is 0. The van der Waals surface area contributed by atoms with Gasteiger partial charge in [0.25, 0.3) is 5.91 Å². The van der Waals surface area contributed by atoms with Gasteiger partial charge in [-0.3, -0.25) is 9.69 Å². The SMILES string of the molecule is N#C[C@]1(Cc2ccccc2)c2ccccc2C=CN1C(=O)c1ccccc1. The summed E-state index contributed by atoms with van der Waals surface area (Å²) in [6.45, 7) is 0. The van der Waals surface area contributed by atoms with Gasteiger partial charge in [-0.15, -0.1) is 0 Å². The smallest absolute Gasteiger partial charge is 0.259 e. The molecule has 1 atom stereocenters. The van der Waals surface area contributed by atoms with Gasteiger partial charge in [-0.25, -0.2) is 0 Å². The van der Waals surface area contributed by atoms with E-state index in [-0.39, 0.29) is 5.91 Å². The Hall–Kier alpha value is -3.64. The van der Waals surface area contributed by atoms with Crippen LogP contribution in [0.3, 0.4) is 0 Å². The molecule has 3 aromatic rings. The van der Waals surface area contributed by atoms with Crippen LogP contribution in [0, 0.1) is 11.3 Å². The second-order valence-corrected chi connectivity index (χ2v) is 6.58. The van der Waals surface area contributed by atoms with E-state index in [0.717, 1.165) is 16.7 Å². The normalized spacial score (nSPS) is 17.8. The number of carbonyl (C=O) groups is 1. The summed E-state index contributed by atoms with van der Waals surface area (Å²) in [6, 6.07) is 29.2. The zero-order valence-corrected chi connectivity index (χ0v) is 14.7. The van der Waals surface area contributed by atoms with Crippen molar-refractivity contribution < 1.29 is 4.79 Å². The van der Waals surface area contributed by atoms with Crippen LogP contribution in [0.1, 0.15) is 27.0 Å². The molecular weight excluding hydrogens is 332 g/mol. The quantitative estimate of drug-likeness (QED) is 0.683. The molecule has 130 valence electrons. The molecule has 0 saturated carbocycles. The Kier molecular flexibility index (Phi) is 4.32. The van der Waals surface area contributed by atoms with E-state index >= 15 is 0 Å². The van der Waals surface area contributed by atoms with Crippen molar-refractivity contribution in [2.24, 2.45) is 0 Å². The maximum absolute atomic E-state index is 13.3. The predicted molar refractivity (Wildman–Crippen MR) is 106 cm³/mol. The van der Waals surface area contributed by atoms with Crippen molar-refractivity contribution in [2.45, 2.75) is 12.0 Å². The fraction of sp³-hybridized carbons (Fsp3) is 0.0833. The van der Waals surface area contributed by atoms with Crippen LogP contribution < -0.4 is 0 Å². The van der Waals surface area contributed by atoms with E-state index in [4.69, 9.17) is 0 Å². The predicted octanol–water partition coefficient (Wildman–Crippen LogP) is 4.77. The van der Waals surface area contributed by atoms with Crippen LogP contribution in [0.25, 0.3) is 6.08 Å². The minimum absolute atomic E-state index is 0.182. The van der Waals surface area contributed by atoms with Crippen molar-refractivity contribution in [3.8, 4) is 6.07 Å². The van der Waals surface area contributed by atoms with Gasteiger partial charge in [-0.2, -0.15) is 5.26 Å².